The predicted octanol–water partition coefficient (Wildman–Crippen LogP) is 4.84. The number of hydrogen-bond acceptors (Lipinski definition) is 4. The summed E-state index contributed by atoms with van der Waals surface area (Å²) >= 11 is 6.19. The zero-order valence-corrected chi connectivity index (χ0v) is 15.9. The van der Waals surface area contributed by atoms with E-state index in [9.17, 15) is 22.0 Å². The molecule has 0 fully saturated rings. The number of alkyl halides is 3. The first kappa shape index (κ1) is 23.6. The van der Waals surface area contributed by atoms with Crippen molar-refractivity contribution in [2.24, 2.45) is 0 Å². The van der Waals surface area contributed by atoms with Crippen molar-refractivity contribution in [1.29, 1.82) is 0 Å². The van der Waals surface area contributed by atoms with Crippen LogP contribution in [0.2, 0.25) is 5.02 Å². The van der Waals surface area contributed by atoms with Crippen LogP contribution in [0, 0.1) is 11.6 Å². The standard InChI is InChI=1S/C16H17ClF5N3.CO2/c1-4-12-14(17)15(25(5-2)24-12)13-10(18)6-9(7-11(13)19)23-8(3)16(20,21)22;2-1-3/h6-8,23H,4-5H2,1-3H3;/t8-;/m1./s1. The van der Waals surface area contributed by atoms with Gasteiger partial charge in [-0.2, -0.15) is 27.9 Å². The van der Waals surface area contributed by atoms with E-state index in [0.29, 0.717) is 18.7 Å². The molecule has 1 N–H and O–H groups in total. The molecule has 1 aromatic carbocycles. The monoisotopic (exact) mass is 425 g/mol. The first-order chi connectivity index (χ1) is 13.0. The molecule has 0 unspecified atom stereocenters. The number of halogens is 6. The van der Waals surface area contributed by atoms with Crippen LogP contribution in [0.5, 0.6) is 0 Å². The molecule has 154 valence electrons. The van der Waals surface area contributed by atoms with Gasteiger partial charge in [0.15, 0.2) is 0 Å². The quantitative estimate of drug-likeness (QED) is 0.696. The van der Waals surface area contributed by atoms with E-state index in [2.05, 4.69) is 5.10 Å². The number of nitrogens with zero attached hydrogens (tertiary/aromatic N) is 2. The summed E-state index contributed by atoms with van der Waals surface area (Å²) in [6, 6.07) is -0.320. The summed E-state index contributed by atoms with van der Waals surface area (Å²) in [4.78, 5) is 16.2. The number of anilines is 1. The molecule has 2 rings (SSSR count). The maximum Gasteiger partial charge on any atom is 0.408 e. The number of nitrogens with one attached hydrogen (secondary N) is 1. The lowest BCUT2D eigenvalue weighted by atomic mass is 10.1. The Hall–Kier alpha value is -2.45. The van der Waals surface area contributed by atoms with Gasteiger partial charge in [-0.15, -0.1) is 0 Å². The maximum atomic E-state index is 14.5. The van der Waals surface area contributed by atoms with Crippen LogP contribution < -0.4 is 5.32 Å². The van der Waals surface area contributed by atoms with Gasteiger partial charge >= 0.3 is 12.3 Å². The molecule has 11 heteroatoms. The predicted molar refractivity (Wildman–Crippen MR) is 91.8 cm³/mol. The second kappa shape index (κ2) is 9.66. The molecule has 0 bridgehead atoms. The van der Waals surface area contributed by atoms with Gasteiger partial charge < -0.3 is 5.32 Å². The molecule has 0 aliphatic heterocycles. The normalized spacial score (nSPS) is 12.0. The fourth-order valence-corrected chi connectivity index (χ4v) is 2.76. The molecule has 28 heavy (non-hydrogen) atoms. The van der Waals surface area contributed by atoms with Gasteiger partial charge in [-0.3, -0.25) is 4.68 Å². The van der Waals surface area contributed by atoms with E-state index >= 15 is 0 Å². The summed E-state index contributed by atoms with van der Waals surface area (Å²) in [6.45, 7) is 4.73. The summed E-state index contributed by atoms with van der Waals surface area (Å²) in [5, 5.41) is 6.37. The third-order valence-corrected chi connectivity index (χ3v) is 4.15. The van der Waals surface area contributed by atoms with Crippen molar-refractivity contribution < 1.29 is 31.5 Å². The number of hydrogen-bond donors (Lipinski definition) is 1. The van der Waals surface area contributed by atoms with Gasteiger partial charge in [0.2, 0.25) is 0 Å². The van der Waals surface area contributed by atoms with Crippen LogP contribution in [0.3, 0.4) is 0 Å². The lowest BCUT2D eigenvalue weighted by Crippen LogP contribution is -2.33. The molecule has 0 amide bonds. The molecule has 0 radical (unpaired) electrons. The minimum Gasteiger partial charge on any atom is -0.374 e. The third-order valence-electron chi connectivity index (χ3n) is 3.75. The number of aryl methyl sites for hydroxylation is 2. The van der Waals surface area contributed by atoms with E-state index in [1.54, 1.807) is 13.8 Å². The lowest BCUT2D eigenvalue weighted by molar-refractivity contribution is -0.191. The van der Waals surface area contributed by atoms with Crippen molar-refractivity contribution in [3.05, 3.63) is 34.5 Å². The van der Waals surface area contributed by atoms with Crippen LogP contribution >= 0.6 is 11.6 Å². The van der Waals surface area contributed by atoms with Crippen molar-refractivity contribution >= 4 is 23.4 Å². The average Bonchev–Trinajstić information content (AvgIpc) is 2.90. The summed E-state index contributed by atoms with van der Waals surface area (Å²) in [7, 11) is 0. The van der Waals surface area contributed by atoms with Crippen LogP contribution in [-0.2, 0) is 22.6 Å². The zero-order chi connectivity index (χ0) is 21.6. The highest BCUT2D eigenvalue weighted by Crippen LogP contribution is 2.36. The van der Waals surface area contributed by atoms with Crippen molar-refractivity contribution in [1.82, 2.24) is 9.78 Å². The largest absolute Gasteiger partial charge is 0.408 e. The second-order valence-electron chi connectivity index (χ2n) is 5.58. The van der Waals surface area contributed by atoms with Crippen molar-refractivity contribution in [3.8, 4) is 11.3 Å². The van der Waals surface area contributed by atoms with Gasteiger partial charge in [0.05, 0.1) is 22.0 Å². The number of benzene rings is 1. The Morgan fingerprint density at radius 1 is 1.21 bits per heavy atom. The highest BCUT2D eigenvalue weighted by atomic mass is 35.5. The van der Waals surface area contributed by atoms with Crippen molar-refractivity contribution in [2.75, 3.05) is 5.32 Å². The van der Waals surface area contributed by atoms with Crippen molar-refractivity contribution in [3.63, 3.8) is 0 Å². The van der Waals surface area contributed by atoms with E-state index in [1.807, 2.05) is 5.32 Å². The van der Waals surface area contributed by atoms with E-state index in [0.717, 1.165) is 19.1 Å². The molecular weight excluding hydrogens is 409 g/mol. The number of carbonyl (C=O) groups excluding carboxylic acids is 2. The number of aromatic nitrogens is 2. The second-order valence-corrected chi connectivity index (χ2v) is 5.96. The van der Waals surface area contributed by atoms with Gasteiger partial charge in [0.1, 0.15) is 17.7 Å². The highest BCUT2D eigenvalue weighted by molar-refractivity contribution is 6.33. The van der Waals surface area contributed by atoms with Crippen molar-refractivity contribution in [2.45, 2.75) is 46.0 Å². The Morgan fingerprint density at radius 3 is 2.11 bits per heavy atom. The summed E-state index contributed by atoms with van der Waals surface area (Å²) in [6.07, 6.45) is -3.81. The lowest BCUT2D eigenvalue weighted by Gasteiger charge is -2.19. The smallest absolute Gasteiger partial charge is 0.374 e. The summed E-state index contributed by atoms with van der Waals surface area (Å²) < 4.78 is 68.1. The van der Waals surface area contributed by atoms with Crippen LogP contribution in [0.1, 0.15) is 26.5 Å². The third kappa shape index (κ3) is 5.30. The first-order valence-corrected chi connectivity index (χ1v) is 8.46. The molecule has 5 nitrogen and oxygen atoms in total. The molecule has 0 aliphatic rings. The topological polar surface area (TPSA) is 64.0 Å². The first-order valence-electron chi connectivity index (χ1n) is 8.08. The van der Waals surface area contributed by atoms with E-state index in [4.69, 9.17) is 21.2 Å². The molecule has 0 aliphatic carbocycles. The maximum absolute atomic E-state index is 14.5. The van der Waals surface area contributed by atoms with E-state index < -0.39 is 29.4 Å². The molecule has 0 saturated carbocycles. The van der Waals surface area contributed by atoms with Gasteiger partial charge in [0.25, 0.3) is 0 Å². The minimum absolute atomic E-state index is 0.0754. The fourth-order valence-electron chi connectivity index (χ4n) is 2.40. The SMILES string of the molecule is CCc1nn(CC)c(-c2c(F)cc(N[C@H](C)C(F)(F)F)cc2F)c1Cl.O=C=O. The fraction of sp³-hybridized carbons (Fsp3) is 0.412. The van der Waals surface area contributed by atoms with E-state index in [-0.39, 0.29) is 22.6 Å². The van der Waals surface area contributed by atoms with Crippen LogP contribution in [0.15, 0.2) is 12.1 Å². The Bertz CT molecular complexity index is 838. The van der Waals surface area contributed by atoms with E-state index in [1.165, 1.54) is 4.68 Å². The molecule has 1 atom stereocenters. The summed E-state index contributed by atoms with van der Waals surface area (Å²) in [5.74, 6) is -2.04. The average molecular weight is 426 g/mol. The molecule has 1 aromatic heterocycles. The zero-order valence-electron chi connectivity index (χ0n) is 15.1. The summed E-state index contributed by atoms with van der Waals surface area (Å²) in [5.41, 5.74) is -0.154. The van der Waals surface area contributed by atoms with Crippen LogP contribution in [0.4, 0.5) is 27.6 Å². The minimum atomic E-state index is -4.54. The Balaban J connectivity index is 0.00000122. The molecule has 0 saturated heterocycles. The van der Waals surface area contributed by atoms with Crippen LogP contribution in [0.25, 0.3) is 11.3 Å². The highest BCUT2D eigenvalue weighted by Gasteiger charge is 2.36. The molecule has 1 heterocycles. The number of rotatable bonds is 5. The van der Waals surface area contributed by atoms with Gasteiger partial charge in [-0.25, -0.2) is 8.78 Å². The molecule has 2 aromatic rings. The molecule has 0 spiro atoms. The van der Waals surface area contributed by atoms with Crippen LogP contribution in [-0.4, -0.2) is 28.2 Å². The Labute approximate surface area is 162 Å². The van der Waals surface area contributed by atoms with Gasteiger partial charge in [-0.1, -0.05) is 18.5 Å². The molecular formula is C17H17ClF5N3O2. The Morgan fingerprint density at radius 2 is 1.71 bits per heavy atom. The van der Waals surface area contributed by atoms with Gasteiger partial charge in [0, 0.05) is 12.2 Å². The Kier molecular flexibility index (Phi) is 8.14. The van der Waals surface area contributed by atoms with Gasteiger partial charge in [-0.05, 0) is 32.4 Å².